The lowest BCUT2D eigenvalue weighted by Crippen LogP contribution is -2.41. The average Bonchev–Trinajstić information content (AvgIpc) is 3.29. The van der Waals surface area contributed by atoms with Gasteiger partial charge >= 0.3 is 7.12 Å². The first-order valence-corrected chi connectivity index (χ1v) is 13.5. The van der Waals surface area contributed by atoms with Crippen LogP contribution in [0.25, 0.3) is 16.6 Å². The van der Waals surface area contributed by atoms with Gasteiger partial charge in [0.2, 0.25) is 0 Å². The van der Waals surface area contributed by atoms with E-state index in [0.717, 1.165) is 48.1 Å². The van der Waals surface area contributed by atoms with Gasteiger partial charge in [-0.3, -0.25) is 9.69 Å². The summed E-state index contributed by atoms with van der Waals surface area (Å²) in [6, 6.07) is 9.82. The molecule has 38 heavy (non-hydrogen) atoms. The molecule has 200 valence electrons. The van der Waals surface area contributed by atoms with E-state index in [9.17, 15) is 4.79 Å². The number of hydrogen-bond acceptors (Lipinski definition) is 5. The number of carbonyl (C=O) groups excluding carboxylic acids is 1. The van der Waals surface area contributed by atoms with Crippen LogP contribution in [0.2, 0.25) is 5.02 Å². The van der Waals surface area contributed by atoms with Crippen molar-refractivity contribution in [2.45, 2.75) is 51.9 Å². The van der Waals surface area contributed by atoms with E-state index in [2.05, 4.69) is 61.3 Å². The number of rotatable bonds is 5. The van der Waals surface area contributed by atoms with E-state index >= 15 is 0 Å². The van der Waals surface area contributed by atoms with E-state index in [4.69, 9.17) is 20.9 Å². The highest BCUT2D eigenvalue weighted by Gasteiger charge is 2.52. The van der Waals surface area contributed by atoms with Gasteiger partial charge in [0.1, 0.15) is 5.65 Å². The van der Waals surface area contributed by atoms with Crippen molar-refractivity contribution < 1.29 is 14.1 Å². The number of halogens is 1. The summed E-state index contributed by atoms with van der Waals surface area (Å²) >= 11 is 6.59. The summed E-state index contributed by atoms with van der Waals surface area (Å²) in [7, 11) is 5.13. The summed E-state index contributed by atoms with van der Waals surface area (Å²) in [6.07, 6.45) is 4.97. The summed E-state index contributed by atoms with van der Waals surface area (Å²) in [5, 5.41) is 1.68. The second-order valence-corrected chi connectivity index (χ2v) is 11.9. The maximum Gasteiger partial charge on any atom is 0.495 e. The van der Waals surface area contributed by atoms with Crippen molar-refractivity contribution in [2.24, 2.45) is 7.05 Å². The molecule has 1 aromatic carbocycles. The highest BCUT2D eigenvalue weighted by atomic mass is 35.5. The Labute approximate surface area is 230 Å². The fourth-order valence-corrected chi connectivity index (χ4v) is 5.42. The molecule has 0 spiro atoms. The lowest BCUT2D eigenvalue weighted by atomic mass is 9.78. The molecular formula is C29H36BClN4O3. The summed E-state index contributed by atoms with van der Waals surface area (Å²) in [5.74, 6) is -0.0478. The first-order valence-electron chi connectivity index (χ1n) is 13.1. The third kappa shape index (κ3) is 4.79. The summed E-state index contributed by atoms with van der Waals surface area (Å²) in [4.78, 5) is 20.9. The van der Waals surface area contributed by atoms with Crippen LogP contribution >= 0.6 is 11.6 Å². The molecule has 0 unspecified atom stereocenters. The van der Waals surface area contributed by atoms with Gasteiger partial charge in [0, 0.05) is 68.6 Å². The number of nitrogens with zero attached hydrogens (tertiary/aromatic N) is 4. The highest BCUT2D eigenvalue weighted by molar-refractivity contribution is 6.65. The quantitative estimate of drug-likeness (QED) is 0.451. The van der Waals surface area contributed by atoms with Crippen molar-refractivity contribution in [1.82, 2.24) is 19.4 Å². The SMILES string of the molecule is CN(C)C(=O)c1ccc(C2=CCN(Cc3cc4c(B5OC(C)(C)C(C)(C)O5)ccnc4n3C)CC2)c(Cl)c1. The van der Waals surface area contributed by atoms with Crippen LogP contribution in [0.3, 0.4) is 0 Å². The van der Waals surface area contributed by atoms with Crippen molar-refractivity contribution in [3.8, 4) is 0 Å². The predicted molar refractivity (Wildman–Crippen MR) is 154 cm³/mol. The lowest BCUT2D eigenvalue weighted by molar-refractivity contribution is 0.00578. The molecule has 2 aliphatic rings. The lowest BCUT2D eigenvalue weighted by Gasteiger charge is -2.32. The number of aryl methyl sites for hydroxylation is 1. The first-order chi connectivity index (χ1) is 17.9. The number of benzene rings is 1. The molecule has 1 fully saturated rings. The molecule has 0 N–H and O–H groups in total. The van der Waals surface area contributed by atoms with E-state index in [1.54, 1.807) is 25.1 Å². The van der Waals surface area contributed by atoms with E-state index in [-0.39, 0.29) is 5.91 Å². The average molecular weight is 535 g/mol. The molecule has 4 heterocycles. The largest absolute Gasteiger partial charge is 0.495 e. The molecule has 3 aromatic rings. The molecule has 5 rings (SSSR count). The summed E-state index contributed by atoms with van der Waals surface area (Å²) in [5.41, 5.74) is 5.17. The van der Waals surface area contributed by atoms with Gasteiger partial charge < -0.3 is 18.8 Å². The van der Waals surface area contributed by atoms with Crippen LogP contribution in [0.1, 0.15) is 55.7 Å². The number of carbonyl (C=O) groups is 1. The zero-order valence-corrected chi connectivity index (χ0v) is 24.1. The van der Waals surface area contributed by atoms with Crippen LogP contribution in [0.4, 0.5) is 0 Å². The molecule has 1 saturated heterocycles. The maximum atomic E-state index is 12.3. The first kappa shape index (κ1) is 26.9. The van der Waals surface area contributed by atoms with Crippen molar-refractivity contribution in [3.05, 3.63) is 64.4 Å². The molecule has 0 radical (unpaired) electrons. The molecule has 2 aliphatic heterocycles. The minimum absolute atomic E-state index is 0.0478. The van der Waals surface area contributed by atoms with Crippen molar-refractivity contribution in [3.63, 3.8) is 0 Å². The second kappa shape index (κ2) is 9.83. The van der Waals surface area contributed by atoms with Gasteiger partial charge in [-0.05, 0) is 75.0 Å². The molecule has 0 bridgehead atoms. The summed E-state index contributed by atoms with van der Waals surface area (Å²) < 4.78 is 14.9. The van der Waals surface area contributed by atoms with Gasteiger partial charge in [0.25, 0.3) is 5.91 Å². The normalized spacial score (nSPS) is 19.2. The molecule has 1 amide bonds. The zero-order valence-electron chi connectivity index (χ0n) is 23.3. The van der Waals surface area contributed by atoms with Crippen molar-refractivity contribution in [2.75, 3.05) is 27.2 Å². The molecule has 0 aliphatic carbocycles. The molecule has 2 aromatic heterocycles. The second-order valence-electron chi connectivity index (χ2n) is 11.5. The monoisotopic (exact) mass is 534 g/mol. The van der Waals surface area contributed by atoms with Gasteiger partial charge in [0.05, 0.1) is 11.2 Å². The number of fused-ring (bicyclic) bond motifs is 1. The van der Waals surface area contributed by atoms with E-state index < -0.39 is 18.3 Å². The smallest absolute Gasteiger partial charge is 0.399 e. The van der Waals surface area contributed by atoms with Crippen LogP contribution in [-0.4, -0.2) is 70.8 Å². The fraction of sp³-hybridized carbons (Fsp3) is 0.448. The van der Waals surface area contributed by atoms with Crippen molar-refractivity contribution >= 4 is 46.7 Å². The minimum atomic E-state index is -0.426. The molecule has 0 saturated carbocycles. The fourth-order valence-electron chi connectivity index (χ4n) is 5.11. The van der Waals surface area contributed by atoms with E-state index in [0.29, 0.717) is 10.6 Å². The maximum absolute atomic E-state index is 12.3. The Hall–Kier alpha value is -2.65. The van der Waals surface area contributed by atoms with E-state index in [1.165, 1.54) is 11.3 Å². The Balaban J connectivity index is 1.33. The van der Waals surface area contributed by atoms with Crippen molar-refractivity contribution in [1.29, 1.82) is 0 Å². The van der Waals surface area contributed by atoms with Gasteiger partial charge in [-0.15, -0.1) is 0 Å². The number of amides is 1. The van der Waals surface area contributed by atoms with Crippen LogP contribution in [-0.2, 0) is 22.9 Å². The third-order valence-electron chi connectivity index (χ3n) is 8.22. The molecular weight excluding hydrogens is 499 g/mol. The topological polar surface area (TPSA) is 59.8 Å². The minimum Gasteiger partial charge on any atom is -0.399 e. The third-order valence-corrected chi connectivity index (χ3v) is 8.53. The Kier molecular flexibility index (Phi) is 6.97. The molecule has 7 nitrogen and oxygen atoms in total. The Morgan fingerprint density at radius 1 is 1.13 bits per heavy atom. The number of hydrogen-bond donors (Lipinski definition) is 0. The predicted octanol–water partition coefficient (Wildman–Crippen LogP) is 4.52. The van der Waals surface area contributed by atoms with Gasteiger partial charge in [0.15, 0.2) is 0 Å². The highest BCUT2D eigenvalue weighted by Crippen LogP contribution is 2.37. The van der Waals surface area contributed by atoms with Crippen LogP contribution in [0.5, 0.6) is 0 Å². The number of aromatic nitrogens is 2. The van der Waals surface area contributed by atoms with Gasteiger partial charge in [-0.1, -0.05) is 23.7 Å². The Bertz CT molecular complexity index is 1410. The van der Waals surface area contributed by atoms with Crippen LogP contribution in [0, 0.1) is 0 Å². The van der Waals surface area contributed by atoms with Crippen LogP contribution in [0.15, 0.2) is 42.6 Å². The molecule has 0 atom stereocenters. The van der Waals surface area contributed by atoms with E-state index in [1.807, 2.05) is 24.4 Å². The molecule has 9 heteroatoms. The number of pyridine rings is 1. The van der Waals surface area contributed by atoms with Gasteiger partial charge in [-0.2, -0.15) is 0 Å². The Morgan fingerprint density at radius 2 is 1.84 bits per heavy atom. The zero-order chi connectivity index (χ0) is 27.4. The standard InChI is InChI=1S/C29H36BClN4O3/c1-28(2)29(3,4)38-30(37-28)24-10-13-32-26-23(24)17-21(34(26)7)18-35-14-11-19(12-15-35)22-9-8-20(16-25(22)31)27(36)33(5)6/h8-11,13,16-17H,12,14-15,18H2,1-7H3. The van der Waals surface area contributed by atoms with Crippen LogP contribution < -0.4 is 5.46 Å². The summed E-state index contributed by atoms with van der Waals surface area (Å²) in [6.45, 7) is 10.8. The van der Waals surface area contributed by atoms with Gasteiger partial charge in [-0.25, -0.2) is 4.98 Å². The Morgan fingerprint density at radius 3 is 2.45 bits per heavy atom.